The Labute approximate surface area is 163 Å². The molecule has 0 spiro atoms. The molecule has 0 bridgehead atoms. The lowest BCUT2D eigenvalue weighted by Gasteiger charge is -2.23. The van der Waals surface area contributed by atoms with Crippen molar-refractivity contribution in [3.63, 3.8) is 0 Å². The van der Waals surface area contributed by atoms with Crippen LogP contribution in [-0.2, 0) is 6.54 Å². The monoisotopic (exact) mass is 500 g/mol. The second-order valence-electron chi connectivity index (χ2n) is 5.23. The van der Waals surface area contributed by atoms with Gasteiger partial charge in [0.05, 0.1) is 6.54 Å². The number of hydrogen-bond acceptors (Lipinski definition) is 3. The summed E-state index contributed by atoms with van der Waals surface area (Å²) in [5, 5.41) is 8.92. The van der Waals surface area contributed by atoms with Gasteiger partial charge in [-0.25, -0.2) is 4.99 Å². The van der Waals surface area contributed by atoms with E-state index < -0.39 is 0 Å². The van der Waals surface area contributed by atoms with E-state index in [2.05, 4.69) is 61.7 Å². The van der Waals surface area contributed by atoms with Gasteiger partial charge in [0.25, 0.3) is 0 Å². The van der Waals surface area contributed by atoms with E-state index in [1.54, 1.807) is 11.3 Å². The van der Waals surface area contributed by atoms with Crippen molar-refractivity contribution in [1.29, 1.82) is 0 Å². The molecule has 1 aliphatic heterocycles. The van der Waals surface area contributed by atoms with Crippen molar-refractivity contribution < 1.29 is 0 Å². The van der Waals surface area contributed by atoms with Crippen molar-refractivity contribution >= 4 is 57.2 Å². The van der Waals surface area contributed by atoms with Gasteiger partial charge < -0.3 is 10.6 Å². The van der Waals surface area contributed by atoms with Gasteiger partial charge in [-0.1, -0.05) is 6.92 Å². The Balaban J connectivity index is 0.00000242. The molecule has 1 fully saturated rings. The molecular weight excluding hydrogens is 475 g/mol. The fraction of sp³-hybridized carbons (Fsp3) is 0.667. The molecule has 22 heavy (non-hydrogen) atoms. The van der Waals surface area contributed by atoms with Crippen molar-refractivity contribution in [3.8, 4) is 0 Å². The molecule has 7 heteroatoms. The summed E-state index contributed by atoms with van der Waals surface area (Å²) in [6, 6.07) is 2.78. The van der Waals surface area contributed by atoms with E-state index in [1.165, 1.54) is 24.3 Å². The van der Waals surface area contributed by atoms with E-state index >= 15 is 0 Å². The van der Waals surface area contributed by atoms with E-state index in [9.17, 15) is 0 Å². The second kappa shape index (κ2) is 10.8. The van der Waals surface area contributed by atoms with Crippen molar-refractivity contribution in [3.05, 3.63) is 20.8 Å². The zero-order valence-corrected chi connectivity index (χ0v) is 18.0. The summed E-state index contributed by atoms with van der Waals surface area (Å²) in [6.45, 7) is 9.33. The Hall–Kier alpha value is 0.140. The van der Waals surface area contributed by atoms with Crippen molar-refractivity contribution in [2.45, 2.75) is 39.3 Å². The normalized spacial score (nSPS) is 19.0. The Morgan fingerprint density at radius 1 is 1.45 bits per heavy atom. The van der Waals surface area contributed by atoms with E-state index in [1.807, 2.05) is 0 Å². The molecule has 126 valence electrons. The van der Waals surface area contributed by atoms with Crippen molar-refractivity contribution in [1.82, 2.24) is 15.5 Å². The van der Waals surface area contributed by atoms with Gasteiger partial charge in [0.15, 0.2) is 5.96 Å². The number of likely N-dealkylation sites (tertiary alicyclic amines) is 1. The highest BCUT2D eigenvalue weighted by Crippen LogP contribution is 2.20. The minimum Gasteiger partial charge on any atom is -0.357 e. The van der Waals surface area contributed by atoms with Crippen molar-refractivity contribution in [2.75, 3.05) is 26.2 Å². The standard InChI is InChI=1S/C15H25BrN4S.HI/c1-3-17-15(19-10-14-8-12(16)11-21-14)18-9-13-6-5-7-20(13)4-2;/h8,11,13H,3-7,9-10H2,1-2H3,(H2,17,18,19);1H. The van der Waals surface area contributed by atoms with Gasteiger partial charge in [-0.3, -0.25) is 4.90 Å². The van der Waals surface area contributed by atoms with Crippen LogP contribution in [-0.4, -0.2) is 43.1 Å². The number of hydrogen-bond donors (Lipinski definition) is 2. The van der Waals surface area contributed by atoms with E-state index in [4.69, 9.17) is 0 Å². The fourth-order valence-corrected chi connectivity index (χ4v) is 4.07. The number of rotatable bonds is 6. The van der Waals surface area contributed by atoms with Gasteiger partial charge in [-0.15, -0.1) is 35.3 Å². The van der Waals surface area contributed by atoms with Crippen LogP contribution in [0.2, 0.25) is 0 Å². The lowest BCUT2D eigenvalue weighted by atomic mass is 10.2. The largest absolute Gasteiger partial charge is 0.357 e. The zero-order valence-electron chi connectivity index (χ0n) is 13.3. The molecule has 1 atom stereocenters. The van der Waals surface area contributed by atoms with Crippen LogP contribution in [0.25, 0.3) is 0 Å². The first-order valence-electron chi connectivity index (χ1n) is 7.72. The number of halogens is 2. The van der Waals surface area contributed by atoms with Gasteiger partial charge in [-0.2, -0.15) is 0 Å². The molecule has 0 amide bonds. The van der Waals surface area contributed by atoms with Crippen LogP contribution < -0.4 is 10.6 Å². The van der Waals surface area contributed by atoms with Crippen LogP contribution in [0.1, 0.15) is 31.6 Å². The van der Waals surface area contributed by atoms with Crippen LogP contribution in [0, 0.1) is 0 Å². The number of guanidine groups is 1. The smallest absolute Gasteiger partial charge is 0.191 e. The van der Waals surface area contributed by atoms with Crippen LogP contribution in [0.15, 0.2) is 20.9 Å². The molecule has 2 N–H and O–H groups in total. The Morgan fingerprint density at radius 3 is 2.91 bits per heavy atom. The molecule has 1 aromatic heterocycles. The number of nitrogens with one attached hydrogen (secondary N) is 2. The SMILES string of the molecule is CCNC(=NCc1cc(Br)cs1)NCC1CCCN1CC.I. The summed E-state index contributed by atoms with van der Waals surface area (Å²) in [4.78, 5) is 8.50. The predicted octanol–water partition coefficient (Wildman–Crippen LogP) is 3.67. The summed E-state index contributed by atoms with van der Waals surface area (Å²) in [7, 11) is 0. The fourth-order valence-electron chi connectivity index (χ4n) is 2.69. The van der Waals surface area contributed by atoms with Crippen LogP contribution in [0.3, 0.4) is 0 Å². The van der Waals surface area contributed by atoms with Gasteiger partial charge in [-0.05, 0) is 54.9 Å². The first-order valence-corrected chi connectivity index (χ1v) is 9.39. The third-order valence-electron chi connectivity index (χ3n) is 3.77. The first kappa shape index (κ1) is 20.2. The third-order valence-corrected chi connectivity index (χ3v) is 5.45. The number of thiophene rings is 1. The maximum atomic E-state index is 4.67. The Kier molecular flexibility index (Phi) is 9.94. The average molecular weight is 501 g/mol. The summed E-state index contributed by atoms with van der Waals surface area (Å²) >= 11 is 5.22. The first-order chi connectivity index (χ1) is 10.2. The molecule has 0 radical (unpaired) electrons. The summed E-state index contributed by atoms with van der Waals surface area (Å²) < 4.78 is 1.14. The number of likely N-dealkylation sites (N-methyl/N-ethyl adjacent to an activating group) is 1. The molecule has 1 aromatic rings. The lowest BCUT2D eigenvalue weighted by molar-refractivity contribution is 0.267. The van der Waals surface area contributed by atoms with Gasteiger partial charge in [0.2, 0.25) is 0 Å². The van der Waals surface area contributed by atoms with Gasteiger partial charge >= 0.3 is 0 Å². The summed E-state index contributed by atoms with van der Waals surface area (Å²) in [5.74, 6) is 0.921. The zero-order chi connectivity index (χ0) is 15.1. The molecule has 2 heterocycles. The molecule has 0 aliphatic carbocycles. The Morgan fingerprint density at radius 2 is 2.27 bits per heavy atom. The third kappa shape index (κ3) is 6.33. The minimum absolute atomic E-state index is 0. The van der Waals surface area contributed by atoms with Gasteiger partial charge in [0.1, 0.15) is 0 Å². The molecule has 1 aliphatic rings. The highest BCUT2D eigenvalue weighted by atomic mass is 127. The van der Waals surface area contributed by atoms with Crippen LogP contribution in [0.5, 0.6) is 0 Å². The average Bonchev–Trinajstić information content (AvgIpc) is 3.10. The molecule has 4 nitrogen and oxygen atoms in total. The van der Waals surface area contributed by atoms with E-state index in [0.29, 0.717) is 6.04 Å². The molecule has 1 unspecified atom stereocenters. The van der Waals surface area contributed by atoms with Gasteiger partial charge in [0, 0.05) is 33.9 Å². The maximum absolute atomic E-state index is 4.67. The van der Waals surface area contributed by atoms with E-state index in [-0.39, 0.29) is 24.0 Å². The molecule has 1 saturated heterocycles. The topological polar surface area (TPSA) is 39.7 Å². The van der Waals surface area contributed by atoms with E-state index in [0.717, 1.165) is 36.6 Å². The lowest BCUT2D eigenvalue weighted by Crippen LogP contribution is -2.44. The minimum atomic E-state index is 0. The number of nitrogens with zero attached hydrogens (tertiary/aromatic N) is 2. The number of aliphatic imine (C=N–C) groups is 1. The molecule has 0 aromatic carbocycles. The van der Waals surface area contributed by atoms with Crippen molar-refractivity contribution in [2.24, 2.45) is 4.99 Å². The van der Waals surface area contributed by atoms with Crippen LogP contribution >= 0.6 is 51.2 Å². The van der Waals surface area contributed by atoms with Crippen LogP contribution in [0.4, 0.5) is 0 Å². The predicted molar refractivity (Wildman–Crippen MR) is 111 cm³/mol. The Bertz CT molecular complexity index is 466. The molecular formula is C15H26BrIN4S. The highest BCUT2D eigenvalue weighted by Gasteiger charge is 2.22. The highest BCUT2D eigenvalue weighted by molar-refractivity contribution is 14.0. The quantitative estimate of drug-likeness (QED) is 0.355. The molecule has 2 rings (SSSR count). The second-order valence-corrected chi connectivity index (χ2v) is 7.14. The summed E-state index contributed by atoms with van der Waals surface area (Å²) in [5.41, 5.74) is 0. The molecule has 0 saturated carbocycles. The maximum Gasteiger partial charge on any atom is 0.191 e. The summed E-state index contributed by atoms with van der Waals surface area (Å²) in [6.07, 6.45) is 2.61.